The second-order valence-electron chi connectivity index (χ2n) is 4.76. The van der Waals surface area contributed by atoms with Gasteiger partial charge in [0.05, 0.1) is 0 Å². The Morgan fingerprint density at radius 1 is 1.29 bits per heavy atom. The summed E-state index contributed by atoms with van der Waals surface area (Å²) in [6.45, 7) is 0. The summed E-state index contributed by atoms with van der Waals surface area (Å²) in [6.07, 6.45) is 5.58. The highest BCUT2D eigenvalue weighted by Gasteiger charge is 2.39. The largest absolute Gasteiger partial charge is 0.359 e. The number of hydrazine groups is 1. The lowest BCUT2D eigenvalue weighted by molar-refractivity contribution is 0.342. The maximum atomic E-state index is 5.22. The number of nitrogens with zero attached hydrogens (tertiary/aromatic N) is 1. The standard InChI is InChI=1S/C10H19N3S/c1-13(2)12-10(14)11-9-6-7-3-4-8(9)5-7/h7-9H,3-6H2,1-2H3,(H2,11,12,14)/t7-,8+,9-/m0/s1. The normalized spacial score (nSPS) is 34.9. The third-order valence-electron chi connectivity index (χ3n) is 3.38. The van der Waals surface area contributed by atoms with Crippen LogP contribution in [0.5, 0.6) is 0 Å². The first-order valence-corrected chi connectivity index (χ1v) is 5.80. The molecule has 2 fully saturated rings. The Morgan fingerprint density at radius 3 is 2.57 bits per heavy atom. The lowest BCUT2D eigenvalue weighted by Gasteiger charge is -2.25. The first-order valence-electron chi connectivity index (χ1n) is 5.39. The van der Waals surface area contributed by atoms with Crippen molar-refractivity contribution in [2.24, 2.45) is 11.8 Å². The van der Waals surface area contributed by atoms with Crippen molar-refractivity contribution in [3.63, 3.8) is 0 Å². The van der Waals surface area contributed by atoms with E-state index >= 15 is 0 Å². The molecular weight excluding hydrogens is 194 g/mol. The van der Waals surface area contributed by atoms with Crippen molar-refractivity contribution in [1.82, 2.24) is 15.8 Å². The van der Waals surface area contributed by atoms with Crippen LogP contribution >= 0.6 is 12.2 Å². The van der Waals surface area contributed by atoms with E-state index in [1.807, 2.05) is 19.1 Å². The monoisotopic (exact) mass is 213 g/mol. The maximum absolute atomic E-state index is 5.22. The quantitative estimate of drug-likeness (QED) is 0.531. The molecule has 0 aromatic rings. The number of thiocarbonyl (C=S) groups is 1. The van der Waals surface area contributed by atoms with Crippen LogP contribution in [0.4, 0.5) is 0 Å². The van der Waals surface area contributed by atoms with Crippen LogP contribution in [0.15, 0.2) is 0 Å². The van der Waals surface area contributed by atoms with Crippen LogP contribution in [0, 0.1) is 11.8 Å². The lowest BCUT2D eigenvalue weighted by atomic mass is 9.96. The summed E-state index contributed by atoms with van der Waals surface area (Å²) in [4.78, 5) is 0. The fourth-order valence-electron chi connectivity index (χ4n) is 2.83. The third kappa shape index (κ3) is 2.17. The van der Waals surface area contributed by atoms with Crippen molar-refractivity contribution >= 4 is 17.3 Å². The van der Waals surface area contributed by atoms with Gasteiger partial charge in [0.2, 0.25) is 0 Å². The van der Waals surface area contributed by atoms with Gasteiger partial charge in [0.15, 0.2) is 5.11 Å². The smallest absolute Gasteiger partial charge is 0.181 e. The minimum atomic E-state index is 0.633. The number of hydrogen-bond donors (Lipinski definition) is 2. The van der Waals surface area contributed by atoms with Crippen LogP contribution in [0.2, 0.25) is 0 Å². The average molecular weight is 213 g/mol. The molecule has 2 saturated carbocycles. The second kappa shape index (κ2) is 4.03. The average Bonchev–Trinajstić information content (AvgIpc) is 2.62. The molecule has 0 radical (unpaired) electrons. The molecule has 2 N–H and O–H groups in total. The van der Waals surface area contributed by atoms with Crippen LogP contribution in [-0.4, -0.2) is 30.3 Å². The zero-order valence-electron chi connectivity index (χ0n) is 8.92. The zero-order valence-corrected chi connectivity index (χ0v) is 9.73. The summed E-state index contributed by atoms with van der Waals surface area (Å²) in [5.74, 6) is 1.85. The Labute approximate surface area is 91.2 Å². The molecule has 0 aliphatic heterocycles. The molecule has 2 aliphatic rings. The molecule has 0 heterocycles. The Balaban J connectivity index is 1.78. The topological polar surface area (TPSA) is 27.3 Å². The zero-order chi connectivity index (χ0) is 10.1. The molecule has 80 valence electrons. The molecule has 2 rings (SSSR count). The molecule has 3 atom stereocenters. The molecular formula is C10H19N3S. The van der Waals surface area contributed by atoms with Gasteiger partial charge >= 0.3 is 0 Å². The van der Waals surface area contributed by atoms with Crippen LogP contribution in [-0.2, 0) is 0 Å². The van der Waals surface area contributed by atoms with Crippen LogP contribution < -0.4 is 10.7 Å². The molecule has 14 heavy (non-hydrogen) atoms. The molecule has 0 amide bonds. The summed E-state index contributed by atoms with van der Waals surface area (Å²) < 4.78 is 0. The highest BCUT2D eigenvalue weighted by molar-refractivity contribution is 7.80. The minimum absolute atomic E-state index is 0.633. The fourth-order valence-corrected chi connectivity index (χ4v) is 3.16. The van der Waals surface area contributed by atoms with E-state index in [0.29, 0.717) is 6.04 Å². The predicted molar refractivity (Wildman–Crippen MR) is 61.8 cm³/mol. The van der Waals surface area contributed by atoms with Gasteiger partial charge in [-0.15, -0.1) is 0 Å². The fraction of sp³-hybridized carbons (Fsp3) is 0.900. The molecule has 2 aliphatic carbocycles. The molecule has 0 aromatic heterocycles. The van der Waals surface area contributed by atoms with Gasteiger partial charge in [-0.1, -0.05) is 6.42 Å². The van der Waals surface area contributed by atoms with E-state index in [0.717, 1.165) is 16.9 Å². The van der Waals surface area contributed by atoms with Gasteiger partial charge in [-0.2, -0.15) is 0 Å². The number of hydrogen-bond acceptors (Lipinski definition) is 2. The van der Waals surface area contributed by atoms with Gasteiger partial charge in [-0.25, -0.2) is 5.01 Å². The molecule has 0 saturated heterocycles. The van der Waals surface area contributed by atoms with E-state index in [2.05, 4.69) is 10.7 Å². The first-order chi connectivity index (χ1) is 6.65. The highest BCUT2D eigenvalue weighted by atomic mass is 32.1. The Morgan fingerprint density at radius 2 is 2.07 bits per heavy atom. The van der Waals surface area contributed by atoms with Crippen LogP contribution in [0.3, 0.4) is 0 Å². The summed E-state index contributed by atoms with van der Waals surface area (Å²) in [6, 6.07) is 0.633. The van der Waals surface area contributed by atoms with Crippen molar-refractivity contribution in [3.05, 3.63) is 0 Å². The van der Waals surface area contributed by atoms with E-state index in [4.69, 9.17) is 12.2 Å². The number of fused-ring (bicyclic) bond motifs is 2. The van der Waals surface area contributed by atoms with Gasteiger partial charge in [-0.3, -0.25) is 5.43 Å². The van der Waals surface area contributed by atoms with Crippen molar-refractivity contribution < 1.29 is 0 Å². The molecule has 3 nitrogen and oxygen atoms in total. The SMILES string of the molecule is CN(C)NC(=S)N[C@H]1C[C@H]2CC[C@@H]1C2. The predicted octanol–water partition coefficient (Wildman–Crippen LogP) is 1.12. The molecule has 0 unspecified atom stereocenters. The Hall–Kier alpha value is -0.350. The van der Waals surface area contributed by atoms with Crippen molar-refractivity contribution in [1.29, 1.82) is 0 Å². The van der Waals surface area contributed by atoms with Crippen LogP contribution in [0.1, 0.15) is 25.7 Å². The van der Waals surface area contributed by atoms with Gasteiger partial charge in [-0.05, 0) is 43.3 Å². The van der Waals surface area contributed by atoms with Gasteiger partial charge in [0, 0.05) is 20.1 Å². The van der Waals surface area contributed by atoms with Gasteiger partial charge in [0.25, 0.3) is 0 Å². The summed E-state index contributed by atoms with van der Waals surface area (Å²) >= 11 is 5.22. The number of nitrogens with one attached hydrogen (secondary N) is 2. The van der Waals surface area contributed by atoms with Crippen LogP contribution in [0.25, 0.3) is 0 Å². The van der Waals surface area contributed by atoms with E-state index in [9.17, 15) is 0 Å². The third-order valence-corrected chi connectivity index (χ3v) is 3.59. The highest BCUT2D eigenvalue weighted by Crippen LogP contribution is 2.44. The summed E-state index contributed by atoms with van der Waals surface area (Å²) in [5, 5.41) is 6.07. The second-order valence-corrected chi connectivity index (χ2v) is 5.17. The summed E-state index contributed by atoms with van der Waals surface area (Å²) in [7, 11) is 3.91. The Bertz CT molecular complexity index is 229. The minimum Gasteiger partial charge on any atom is -0.359 e. The molecule has 0 spiro atoms. The molecule has 0 aromatic carbocycles. The summed E-state index contributed by atoms with van der Waals surface area (Å²) in [5.41, 5.74) is 3.08. The van der Waals surface area contributed by atoms with E-state index in [1.54, 1.807) is 0 Å². The van der Waals surface area contributed by atoms with Crippen molar-refractivity contribution in [2.45, 2.75) is 31.7 Å². The van der Waals surface area contributed by atoms with Crippen molar-refractivity contribution in [3.8, 4) is 0 Å². The number of rotatable bonds is 2. The van der Waals surface area contributed by atoms with Gasteiger partial charge in [0.1, 0.15) is 0 Å². The van der Waals surface area contributed by atoms with Crippen molar-refractivity contribution in [2.75, 3.05) is 14.1 Å². The Kier molecular flexibility index (Phi) is 2.93. The first kappa shape index (κ1) is 10.2. The van der Waals surface area contributed by atoms with E-state index < -0.39 is 0 Å². The maximum Gasteiger partial charge on any atom is 0.181 e. The molecule has 2 bridgehead atoms. The molecule has 4 heteroatoms. The van der Waals surface area contributed by atoms with E-state index in [-0.39, 0.29) is 0 Å². The van der Waals surface area contributed by atoms with E-state index in [1.165, 1.54) is 25.7 Å². The van der Waals surface area contributed by atoms with Gasteiger partial charge < -0.3 is 5.32 Å². The lowest BCUT2D eigenvalue weighted by Crippen LogP contribution is -2.48.